The Balaban J connectivity index is 2.06. The van der Waals surface area contributed by atoms with Crippen LogP contribution < -0.4 is 10.1 Å². The average molecular weight is 260 g/mol. The van der Waals surface area contributed by atoms with E-state index in [2.05, 4.69) is 10.3 Å². The molecule has 0 aliphatic rings. The molecule has 0 amide bonds. The largest absolute Gasteiger partial charge is 0.484 e. The molecule has 1 N–H and O–H groups in total. The fourth-order valence-corrected chi connectivity index (χ4v) is 1.77. The van der Waals surface area contributed by atoms with Crippen LogP contribution in [0.25, 0.3) is 0 Å². The van der Waals surface area contributed by atoms with Crippen molar-refractivity contribution in [1.29, 1.82) is 0 Å². The zero-order chi connectivity index (χ0) is 13.7. The summed E-state index contributed by atoms with van der Waals surface area (Å²) >= 11 is 0. The van der Waals surface area contributed by atoms with Crippen LogP contribution in [0.1, 0.15) is 17.0 Å². The lowest BCUT2D eigenvalue weighted by Gasteiger charge is -2.09. The number of aryl methyl sites for hydroxylation is 1. The number of hydrogen-bond acceptors (Lipinski definition) is 3. The number of benzene rings is 1. The summed E-state index contributed by atoms with van der Waals surface area (Å²) in [6.07, 6.45) is 0. The van der Waals surface area contributed by atoms with Gasteiger partial charge in [-0.15, -0.1) is 0 Å². The Bertz CT molecular complexity index is 558. The number of rotatable bonds is 5. The Morgan fingerprint density at radius 1 is 1.16 bits per heavy atom. The third kappa shape index (κ3) is 3.51. The second kappa shape index (κ2) is 6.29. The monoisotopic (exact) mass is 260 g/mol. The van der Waals surface area contributed by atoms with Gasteiger partial charge >= 0.3 is 0 Å². The van der Waals surface area contributed by atoms with Gasteiger partial charge < -0.3 is 10.1 Å². The number of pyridine rings is 1. The molecule has 0 saturated heterocycles. The first-order chi connectivity index (χ1) is 9.20. The van der Waals surface area contributed by atoms with E-state index >= 15 is 0 Å². The van der Waals surface area contributed by atoms with Gasteiger partial charge in [0.15, 0.2) is 11.6 Å². The molecule has 100 valence electrons. The first-order valence-electron chi connectivity index (χ1n) is 6.18. The van der Waals surface area contributed by atoms with Crippen molar-refractivity contribution in [3.05, 3.63) is 59.2 Å². The summed E-state index contributed by atoms with van der Waals surface area (Å²) in [6, 6.07) is 10.8. The molecular formula is C15H17FN2O. The molecule has 1 aromatic carbocycles. The maximum Gasteiger partial charge on any atom is 0.167 e. The van der Waals surface area contributed by atoms with Crippen LogP contribution in [0.15, 0.2) is 36.4 Å². The van der Waals surface area contributed by atoms with Gasteiger partial charge in [-0.25, -0.2) is 4.39 Å². The molecule has 1 aromatic heterocycles. The van der Waals surface area contributed by atoms with Crippen molar-refractivity contribution in [3.8, 4) is 5.75 Å². The second-order valence-corrected chi connectivity index (χ2v) is 4.33. The Morgan fingerprint density at radius 2 is 1.89 bits per heavy atom. The molecule has 0 bridgehead atoms. The van der Waals surface area contributed by atoms with Crippen molar-refractivity contribution in [2.75, 3.05) is 7.05 Å². The van der Waals surface area contributed by atoms with Crippen molar-refractivity contribution >= 4 is 0 Å². The molecule has 0 aliphatic heterocycles. The van der Waals surface area contributed by atoms with Gasteiger partial charge in [-0.05, 0) is 37.7 Å². The van der Waals surface area contributed by atoms with Gasteiger partial charge in [0.05, 0.1) is 11.4 Å². The SMILES string of the molecule is CNCc1cccc(COc2cccc(C)c2F)n1. The minimum absolute atomic E-state index is 0.262. The standard InChI is InChI=1S/C15H17FN2O/c1-11-5-3-8-14(15(11)16)19-10-13-7-4-6-12(18-13)9-17-2/h3-8,17H,9-10H2,1-2H3. The Hall–Kier alpha value is -1.94. The van der Waals surface area contributed by atoms with Gasteiger partial charge in [0.2, 0.25) is 0 Å². The molecule has 2 rings (SSSR count). The molecule has 0 radical (unpaired) electrons. The summed E-state index contributed by atoms with van der Waals surface area (Å²) in [4.78, 5) is 4.42. The van der Waals surface area contributed by atoms with Crippen molar-refractivity contribution < 1.29 is 9.13 Å². The van der Waals surface area contributed by atoms with Crippen molar-refractivity contribution in [3.63, 3.8) is 0 Å². The highest BCUT2D eigenvalue weighted by atomic mass is 19.1. The summed E-state index contributed by atoms with van der Waals surface area (Å²) in [5, 5.41) is 3.04. The first kappa shape index (κ1) is 13.5. The number of nitrogens with zero attached hydrogens (tertiary/aromatic N) is 1. The number of halogens is 1. The molecule has 0 aliphatic carbocycles. The van der Waals surface area contributed by atoms with Gasteiger partial charge in [-0.1, -0.05) is 18.2 Å². The average Bonchev–Trinajstić information content (AvgIpc) is 2.41. The lowest BCUT2D eigenvalue weighted by Crippen LogP contribution is -2.08. The summed E-state index contributed by atoms with van der Waals surface area (Å²) in [6.45, 7) is 2.68. The van der Waals surface area contributed by atoms with Gasteiger partial charge in [0.1, 0.15) is 6.61 Å². The van der Waals surface area contributed by atoms with Crippen LogP contribution >= 0.6 is 0 Å². The van der Waals surface area contributed by atoms with Gasteiger partial charge in [0.25, 0.3) is 0 Å². The van der Waals surface area contributed by atoms with Crippen LogP contribution in [0, 0.1) is 12.7 Å². The van der Waals surface area contributed by atoms with E-state index < -0.39 is 0 Å². The van der Waals surface area contributed by atoms with Gasteiger partial charge in [-0.3, -0.25) is 4.98 Å². The van der Waals surface area contributed by atoms with Crippen LogP contribution in [0.4, 0.5) is 4.39 Å². The highest BCUT2D eigenvalue weighted by molar-refractivity contribution is 5.30. The van der Waals surface area contributed by atoms with Crippen LogP contribution in [-0.2, 0) is 13.2 Å². The van der Waals surface area contributed by atoms with E-state index in [0.717, 1.165) is 11.4 Å². The van der Waals surface area contributed by atoms with Gasteiger partial charge in [0, 0.05) is 6.54 Å². The topological polar surface area (TPSA) is 34.1 Å². The first-order valence-corrected chi connectivity index (χ1v) is 6.18. The van der Waals surface area contributed by atoms with E-state index in [-0.39, 0.29) is 18.2 Å². The van der Waals surface area contributed by atoms with Crippen molar-refractivity contribution in [1.82, 2.24) is 10.3 Å². The Morgan fingerprint density at radius 3 is 2.68 bits per heavy atom. The zero-order valence-corrected chi connectivity index (χ0v) is 11.1. The van der Waals surface area contributed by atoms with E-state index in [9.17, 15) is 4.39 Å². The van der Waals surface area contributed by atoms with E-state index in [1.54, 1.807) is 25.1 Å². The fourth-order valence-electron chi connectivity index (χ4n) is 1.77. The van der Waals surface area contributed by atoms with Gasteiger partial charge in [-0.2, -0.15) is 0 Å². The maximum absolute atomic E-state index is 13.7. The van der Waals surface area contributed by atoms with E-state index in [1.165, 1.54) is 0 Å². The zero-order valence-electron chi connectivity index (χ0n) is 11.1. The quantitative estimate of drug-likeness (QED) is 0.897. The molecule has 19 heavy (non-hydrogen) atoms. The molecule has 0 atom stereocenters. The Labute approximate surface area is 112 Å². The third-order valence-corrected chi connectivity index (χ3v) is 2.75. The second-order valence-electron chi connectivity index (χ2n) is 4.33. The minimum atomic E-state index is -0.311. The Kier molecular flexibility index (Phi) is 4.47. The lowest BCUT2D eigenvalue weighted by atomic mass is 10.2. The number of ether oxygens (including phenoxy) is 1. The molecule has 3 nitrogen and oxygen atoms in total. The maximum atomic E-state index is 13.7. The van der Waals surface area contributed by atoms with E-state index in [4.69, 9.17) is 4.74 Å². The summed E-state index contributed by atoms with van der Waals surface area (Å²) in [7, 11) is 1.87. The molecule has 0 fully saturated rings. The normalized spacial score (nSPS) is 10.5. The van der Waals surface area contributed by atoms with E-state index in [0.29, 0.717) is 12.1 Å². The summed E-state index contributed by atoms with van der Waals surface area (Å²) < 4.78 is 19.2. The molecule has 4 heteroatoms. The smallest absolute Gasteiger partial charge is 0.167 e. The van der Waals surface area contributed by atoms with Crippen LogP contribution in [0.2, 0.25) is 0 Å². The summed E-state index contributed by atoms with van der Waals surface area (Å²) in [5.41, 5.74) is 2.30. The lowest BCUT2D eigenvalue weighted by molar-refractivity contribution is 0.285. The molecule has 0 spiro atoms. The predicted octanol–water partition coefficient (Wildman–Crippen LogP) is 2.83. The number of nitrogens with one attached hydrogen (secondary N) is 1. The highest BCUT2D eigenvalue weighted by Crippen LogP contribution is 2.20. The predicted molar refractivity (Wildman–Crippen MR) is 72.5 cm³/mol. The summed E-state index contributed by atoms with van der Waals surface area (Å²) in [5.74, 6) is -0.0466. The molecular weight excluding hydrogens is 243 g/mol. The van der Waals surface area contributed by atoms with Crippen LogP contribution in [0.3, 0.4) is 0 Å². The van der Waals surface area contributed by atoms with Crippen LogP contribution in [0.5, 0.6) is 5.75 Å². The molecule has 2 aromatic rings. The number of hydrogen-bond donors (Lipinski definition) is 1. The number of aromatic nitrogens is 1. The highest BCUT2D eigenvalue weighted by Gasteiger charge is 2.06. The van der Waals surface area contributed by atoms with Crippen molar-refractivity contribution in [2.24, 2.45) is 0 Å². The van der Waals surface area contributed by atoms with E-state index in [1.807, 2.05) is 25.2 Å². The molecule has 1 heterocycles. The van der Waals surface area contributed by atoms with Crippen LogP contribution in [-0.4, -0.2) is 12.0 Å². The van der Waals surface area contributed by atoms with Crippen molar-refractivity contribution in [2.45, 2.75) is 20.1 Å². The molecule has 0 unspecified atom stereocenters. The molecule has 0 saturated carbocycles. The minimum Gasteiger partial charge on any atom is -0.484 e. The fraction of sp³-hybridized carbons (Fsp3) is 0.267. The third-order valence-electron chi connectivity index (χ3n) is 2.75.